The predicted molar refractivity (Wildman–Crippen MR) is 267 cm³/mol. The molecule has 0 spiro atoms. The average Bonchev–Trinajstić information content (AvgIpc) is 4.27. The summed E-state index contributed by atoms with van der Waals surface area (Å²) in [6.07, 6.45) is 22.4. The Balaban J connectivity index is 0.000000172. The van der Waals surface area contributed by atoms with Crippen molar-refractivity contribution in [3.05, 3.63) is 141 Å². The van der Waals surface area contributed by atoms with E-state index in [0.717, 1.165) is 114 Å². The standard InChI is InChI=1S/C27H33N7O.C26H31N7O/c1-3-5-10-21-18-34(25-13-8-9-20(25)4-2)27(35)33(21)17-19-14-15-24(28-16-19)22-11-6-7-12-23(22)26-29-31-32-30-26;1-3-4-9-20-17-33(24-12-7-8-18(24)2)26(34)32(20)16-19-13-14-23(27-15-19)21-10-5-6-11-22(21)25-28-30-31-29-25/h6-7,11-12,14-16,18,20,25H,3-5,8-10,13,17H2,1-2H3,(H,29,30,31,32);5-6,10-11,13-15,17-18,24H,3-4,7-9,12,16H2,1-2H3,(H,28,29,30,31). The molecule has 0 amide bonds. The smallest absolute Gasteiger partial charge is 0.296 e. The van der Waals surface area contributed by atoms with Crippen LogP contribution in [0.25, 0.3) is 45.3 Å². The zero-order valence-corrected chi connectivity index (χ0v) is 40.3. The largest absolute Gasteiger partial charge is 0.328 e. The second kappa shape index (κ2) is 21.9. The Morgan fingerprint density at radius 3 is 1.48 bits per heavy atom. The van der Waals surface area contributed by atoms with Crippen LogP contribution in [0.1, 0.15) is 133 Å². The fourth-order valence-corrected chi connectivity index (χ4v) is 10.5. The van der Waals surface area contributed by atoms with Gasteiger partial charge in [-0.2, -0.15) is 10.4 Å². The first kappa shape index (κ1) is 47.0. The molecule has 358 valence electrons. The monoisotopic (exact) mass is 929 g/mol. The highest BCUT2D eigenvalue weighted by Crippen LogP contribution is 2.38. The lowest BCUT2D eigenvalue weighted by atomic mass is 10.0. The van der Waals surface area contributed by atoms with Gasteiger partial charge >= 0.3 is 11.4 Å². The number of benzene rings is 2. The number of pyridine rings is 2. The topological polar surface area (TPSA) is 189 Å². The third-order valence-corrected chi connectivity index (χ3v) is 14.3. The van der Waals surface area contributed by atoms with Gasteiger partial charge in [0.25, 0.3) is 0 Å². The summed E-state index contributed by atoms with van der Waals surface area (Å²) in [5, 5.41) is 28.8. The molecule has 2 aromatic carbocycles. The molecule has 4 unspecified atom stereocenters. The van der Waals surface area contributed by atoms with Crippen molar-refractivity contribution >= 4 is 0 Å². The van der Waals surface area contributed by atoms with Gasteiger partial charge in [-0.15, -0.1) is 20.4 Å². The third kappa shape index (κ3) is 10.3. The van der Waals surface area contributed by atoms with Crippen LogP contribution < -0.4 is 11.4 Å². The van der Waals surface area contributed by atoms with E-state index in [1.54, 1.807) is 0 Å². The van der Waals surface area contributed by atoms with Crippen LogP contribution in [0.3, 0.4) is 0 Å². The van der Waals surface area contributed by atoms with E-state index in [1.807, 2.05) is 91.3 Å². The summed E-state index contributed by atoms with van der Waals surface area (Å²) in [5.74, 6) is 2.23. The van der Waals surface area contributed by atoms with E-state index >= 15 is 0 Å². The minimum absolute atomic E-state index is 0.108. The van der Waals surface area contributed by atoms with Gasteiger partial charge in [-0.3, -0.25) is 28.2 Å². The zero-order chi connectivity index (χ0) is 47.7. The van der Waals surface area contributed by atoms with E-state index in [9.17, 15) is 9.59 Å². The molecule has 6 heterocycles. The molecular formula is C53H64N14O2. The summed E-state index contributed by atoms with van der Waals surface area (Å²) in [4.78, 5) is 36.5. The van der Waals surface area contributed by atoms with Gasteiger partial charge in [0, 0.05) is 70.5 Å². The Kier molecular flexibility index (Phi) is 14.9. The molecule has 0 aliphatic heterocycles. The first-order chi connectivity index (χ1) is 33.8. The highest BCUT2D eigenvalue weighted by molar-refractivity contribution is 5.79. The third-order valence-electron chi connectivity index (χ3n) is 14.3. The van der Waals surface area contributed by atoms with Crippen LogP contribution in [0.5, 0.6) is 0 Å². The number of tetrazole rings is 2. The molecule has 6 aromatic heterocycles. The number of imidazole rings is 2. The fraction of sp³-hybridized carbons (Fsp3) is 0.434. The van der Waals surface area contributed by atoms with Gasteiger partial charge in [-0.25, -0.2) is 9.59 Å². The minimum atomic E-state index is 0.108. The highest BCUT2D eigenvalue weighted by Gasteiger charge is 2.30. The lowest BCUT2D eigenvalue weighted by Gasteiger charge is -2.18. The number of aromatic amines is 2. The lowest BCUT2D eigenvalue weighted by molar-refractivity contribution is 0.360. The number of unbranched alkanes of at least 4 members (excludes halogenated alkanes) is 2. The predicted octanol–water partition coefficient (Wildman–Crippen LogP) is 9.68. The van der Waals surface area contributed by atoms with Crippen molar-refractivity contribution in [1.29, 1.82) is 0 Å². The van der Waals surface area contributed by atoms with Crippen LogP contribution in [0.4, 0.5) is 0 Å². The van der Waals surface area contributed by atoms with Crippen LogP contribution in [0, 0.1) is 11.8 Å². The number of nitrogens with one attached hydrogen (secondary N) is 2. The molecule has 69 heavy (non-hydrogen) atoms. The van der Waals surface area contributed by atoms with Crippen molar-refractivity contribution < 1.29 is 0 Å². The number of aryl methyl sites for hydroxylation is 2. The van der Waals surface area contributed by atoms with E-state index in [-0.39, 0.29) is 11.4 Å². The highest BCUT2D eigenvalue weighted by atomic mass is 16.2. The van der Waals surface area contributed by atoms with Gasteiger partial charge in [-0.05, 0) is 96.9 Å². The minimum Gasteiger partial charge on any atom is -0.296 e. The van der Waals surface area contributed by atoms with Crippen molar-refractivity contribution in [2.24, 2.45) is 11.8 Å². The number of hydrogen-bond donors (Lipinski definition) is 2. The lowest BCUT2D eigenvalue weighted by Crippen LogP contribution is -2.29. The summed E-state index contributed by atoms with van der Waals surface area (Å²) < 4.78 is 7.95. The van der Waals surface area contributed by atoms with Gasteiger partial charge in [0.2, 0.25) is 11.6 Å². The number of hydrogen-bond acceptors (Lipinski definition) is 10. The van der Waals surface area contributed by atoms with Crippen molar-refractivity contribution in [3.63, 3.8) is 0 Å². The molecule has 0 radical (unpaired) electrons. The van der Waals surface area contributed by atoms with Gasteiger partial charge in [-0.1, -0.05) is 120 Å². The molecule has 4 atom stereocenters. The van der Waals surface area contributed by atoms with Gasteiger partial charge < -0.3 is 0 Å². The maximum absolute atomic E-state index is 13.6. The fourth-order valence-electron chi connectivity index (χ4n) is 10.5. The maximum Gasteiger partial charge on any atom is 0.328 e. The van der Waals surface area contributed by atoms with Gasteiger partial charge in [0.1, 0.15) is 0 Å². The van der Waals surface area contributed by atoms with E-state index < -0.39 is 0 Å². The summed E-state index contributed by atoms with van der Waals surface area (Å²) >= 11 is 0. The Bertz CT molecular complexity index is 3000. The Morgan fingerprint density at radius 2 is 1.06 bits per heavy atom. The van der Waals surface area contributed by atoms with Crippen LogP contribution in [-0.2, 0) is 25.9 Å². The maximum atomic E-state index is 13.6. The zero-order valence-electron chi connectivity index (χ0n) is 40.3. The quantitative estimate of drug-likeness (QED) is 0.0890. The van der Waals surface area contributed by atoms with Crippen molar-refractivity contribution in [3.8, 4) is 45.3 Å². The van der Waals surface area contributed by atoms with E-state index in [0.29, 0.717) is 48.7 Å². The van der Waals surface area contributed by atoms with Crippen LogP contribution in [0.2, 0.25) is 0 Å². The summed E-state index contributed by atoms with van der Waals surface area (Å²) in [6.45, 7) is 9.96. The number of H-pyrrole nitrogens is 2. The number of rotatable bonds is 17. The summed E-state index contributed by atoms with van der Waals surface area (Å²) in [7, 11) is 0. The normalized spacial score (nSPS) is 17.9. The Labute approximate surface area is 402 Å². The van der Waals surface area contributed by atoms with E-state index in [1.165, 1.54) is 25.7 Å². The van der Waals surface area contributed by atoms with Gasteiger partial charge in [0.05, 0.1) is 24.5 Å². The Hall–Kier alpha value is -7.10. The molecule has 2 fully saturated rings. The SMILES string of the molecule is CCCCc1cn(C2CCCC2C)c(=O)n1Cc1ccc(-c2ccccc2-c2nn[nH]n2)nc1.CCCCc1cn(C2CCCC2CC)c(=O)n1Cc1ccc(-c2ccccc2-c2nn[nH]n2)nc1. The molecule has 0 bridgehead atoms. The molecule has 2 aliphatic carbocycles. The molecule has 10 rings (SSSR count). The van der Waals surface area contributed by atoms with Crippen molar-refractivity contribution in [2.75, 3.05) is 0 Å². The van der Waals surface area contributed by atoms with Gasteiger partial charge in [0.15, 0.2) is 0 Å². The molecule has 16 heteroatoms. The van der Waals surface area contributed by atoms with Crippen molar-refractivity contribution in [1.82, 2.24) is 69.5 Å². The number of aromatic nitrogens is 14. The molecule has 8 aromatic rings. The summed E-state index contributed by atoms with van der Waals surface area (Å²) in [6, 6.07) is 24.6. The van der Waals surface area contributed by atoms with E-state index in [4.69, 9.17) is 9.97 Å². The molecule has 2 saturated carbocycles. The first-order valence-electron chi connectivity index (χ1n) is 25.0. The van der Waals surface area contributed by atoms with Crippen LogP contribution in [-0.4, -0.2) is 69.5 Å². The molecule has 0 saturated heterocycles. The molecule has 2 aliphatic rings. The first-order valence-corrected chi connectivity index (χ1v) is 25.0. The van der Waals surface area contributed by atoms with Crippen molar-refractivity contribution in [2.45, 2.75) is 136 Å². The number of nitrogens with zero attached hydrogens (tertiary/aromatic N) is 12. The summed E-state index contributed by atoms with van der Waals surface area (Å²) in [5.41, 5.74) is 9.81. The molecular weight excluding hydrogens is 865 g/mol. The molecule has 2 N–H and O–H groups in total. The Morgan fingerprint density at radius 1 is 0.580 bits per heavy atom. The second-order valence-electron chi connectivity index (χ2n) is 18.8. The molecule has 16 nitrogen and oxygen atoms in total. The van der Waals surface area contributed by atoms with Crippen LogP contribution >= 0.6 is 0 Å². The van der Waals surface area contributed by atoms with Crippen LogP contribution in [0.15, 0.2) is 107 Å². The second-order valence-corrected chi connectivity index (χ2v) is 18.8. The van der Waals surface area contributed by atoms with E-state index in [2.05, 4.69) is 93.5 Å². The average molecular weight is 929 g/mol.